The zero-order valence-corrected chi connectivity index (χ0v) is 13.7. The number of fused-ring (bicyclic) bond motifs is 1. The number of rotatable bonds is 3. The largest absolute Gasteiger partial charge is 0.372 e. The van der Waals surface area contributed by atoms with Gasteiger partial charge >= 0.3 is 0 Å². The average Bonchev–Trinajstić information content (AvgIpc) is 2.69. The van der Waals surface area contributed by atoms with Crippen LogP contribution in [0, 0.1) is 5.92 Å². The van der Waals surface area contributed by atoms with Crippen LogP contribution in [0.15, 0.2) is 24.3 Å². The Morgan fingerprint density at radius 3 is 2.76 bits per heavy atom. The first-order chi connectivity index (χ1) is 10.1. The molecule has 2 aliphatic rings. The van der Waals surface area contributed by atoms with Crippen LogP contribution in [0.3, 0.4) is 0 Å². The Kier molecular flexibility index (Phi) is 4.37. The van der Waals surface area contributed by atoms with E-state index >= 15 is 0 Å². The molecular formula is C19H29NO. The lowest BCUT2D eigenvalue weighted by Gasteiger charge is -2.29. The highest BCUT2D eigenvalue weighted by Crippen LogP contribution is 2.39. The summed E-state index contributed by atoms with van der Waals surface area (Å²) < 4.78 is 6.25. The van der Waals surface area contributed by atoms with Gasteiger partial charge in [-0.15, -0.1) is 0 Å². The van der Waals surface area contributed by atoms with E-state index in [4.69, 9.17) is 4.74 Å². The number of hydrogen-bond acceptors (Lipinski definition) is 2. The van der Waals surface area contributed by atoms with Crippen LogP contribution in [0.1, 0.15) is 63.1 Å². The summed E-state index contributed by atoms with van der Waals surface area (Å²) in [6.45, 7) is 4.45. The average molecular weight is 287 g/mol. The lowest BCUT2D eigenvalue weighted by molar-refractivity contribution is -0.0270. The summed E-state index contributed by atoms with van der Waals surface area (Å²) in [7, 11) is 2.11. The Morgan fingerprint density at radius 2 is 2.05 bits per heavy atom. The maximum absolute atomic E-state index is 6.25. The number of aryl methyl sites for hydroxylation is 1. The Bertz CT molecular complexity index is 482. The number of hydrogen-bond donors (Lipinski definition) is 1. The van der Waals surface area contributed by atoms with Crippen LogP contribution in [-0.2, 0) is 11.2 Å². The minimum Gasteiger partial charge on any atom is -0.372 e. The molecule has 3 rings (SSSR count). The van der Waals surface area contributed by atoms with E-state index in [-0.39, 0.29) is 5.60 Å². The van der Waals surface area contributed by atoms with Gasteiger partial charge in [-0.1, -0.05) is 24.3 Å². The predicted molar refractivity (Wildman–Crippen MR) is 87.5 cm³/mol. The topological polar surface area (TPSA) is 21.3 Å². The van der Waals surface area contributed by atoms with Crippen LogP contribution >= 0.6 is 0 Å². The lowest BCUT2D eigenvalue weighted by atomic mass is 9.86. The van der Waals surface area contributed by atoms with Crippen molar-refractivity contribution in [3.8, 4) is 0 Å². The molecule has 0 spiro atoms. The predicted octanol–water partition coefficient (Wildman–Crippen LogP) is 4.25. The van der Waals surface area contributed by atoms with E-state index in [1.54, 1.807) is 0 Å². The summed E-state index contributed by atoms with van der Waals surface area (Å²) in [5.41, 5.74) is 3.13. The van der Waals surface area contributed by atoms with Crippen LogP contribution in [0.5, 0.6) is 0 Å². The van der Waals surface area contributed by atoms with Gasteiger partial charge in [0.25, 0.3) is 0 Å². The molecule has 1 aromatic carbocycles. The van der Waals surface area contributed by atoms with E-state index in [0.29, 0.717) is 18.1 Å². The fraction of sp³-hybridized carbons (Fsp3) is 0.684. The molecule has 1 fully saturated rings. The van der Waals surface area contributed by atoms with Crippen molar-refractivity contribution in [1.82, 2.24) is 5.32 Å². The second-order valence-corrected chi connectivity index (χ2v) is 7.39. The molecule has 1 saturated heterocycles. The van der Waals surface area contributed by atoms with Crippen molar-refractivity contribution in [1.29, 1.82) is 0 Å². The smallest absolute Gasteiger partial charge is 0.0631 e. The molecule has 2 heteroatoms. The van der Waals surface area contributed by atoms with Crippen LogP contribution in [0.25, 0.3) is 0 Å². The third-order valence-corrected chi connectivity index (χ3v) is 5.31. The lowest BCUT2D eigenvalue weighted by Crippen LogP contribution is -2.29. The Morgan fingerprint density at radius 1 is 1.24 bits per heavy atom. The Hall–Kier alpha value is -0.860. The van der Waals surface area contributed by atoms with Crippen molar-refractivity contribution >= 4 is 0 Å². The van der Waals surface area contributed by atoms with Crippen LogP contribution < -0.4 is 5.32 Å². The van der Waals surface area contributed by atoms with Crippen LogP contribution in [-0.4, -0.2) is 18.8 Å². The van der Waals surface area contributed by atoms with Gasteiger partial charge in [0.05, 0.1) is 11.7 Å². The monoisotopic (exact) mass is 287 g/mol. The van der Waals surface area contributed by atoms with Gasteiger partial charge in [-0.25, -0.2) is 0 Å². The molecule has 3 unspecified atom stereocenters. The molecule has 0 radical (unpaired) electrons. The summed E-state index contributed by atoms with van der Waals surface area (Å²) in [4.78, 5) is 0. The van der Waals surface area contributed by atoms with Crippen LogP contribution in [0.4, 0.5) is 0 Å². The minimum atomic E-state index is 0.0858. The maximum atomic E-state index is 6.25. The summed E-state index contributed by atoms with van der Waals surface area (Å²) >= 11 is 0. The molecule has 116 valence electrons. The summed E-state index contributed by atoms with van der Waals surface area (Å²) in [5, 5.41) is 3.59. The zero-order chi connectivity index (χ0) is 14.9. The van der Waals surface area contributed by atoms with Gasteiger partial charge in [-0.2, -0.15) is 0 Å². The second kappa shape index (κ2) is 6.10. The van der Waals surface area contributed by atoms with Gasteiger partial charge in [-0.05, 0) is 76.5 Å². The third-order valence-electron chi connectivity index (χ3n) is 5.31. The molecule has 3 atom stereocenters. The third kappa shape index (κ3) is 3.32. The van der Waals surface area contributed by atoms with E-state index in [2.05, 4.69) is 50.5 Å². The molecule has 1 heterocycles. The molecule has 0 aromatic heterocycles. The first kappa shape index (κ1) is 15.1. The van der Waals surface area contributed by atoms with E-state index < -0.39 is 0 Å². The molecule has 1 aliphatic heterocycles. The SMILES string of the molecule is CNC1c2ccccc2CCCC1CC1CCC(C)(C)O1. The van der Waals surface area contributed by atoms with Gasteiger partial charge in [0.1, 0.15) is 0 Å². The van der Waals surface area contributed by atoms with Crippen molar-refractivity contribution in [2.75, 3.05) is 7.05 Å². The van der Waals surface area contributed by atoms with Gasteiger partial charge < -0.3 is 10.1 Å². The highest BCUT2D eigenvalue weighted by Gasteiger charge is 2.35. The first-order valence-electron chi connectivity index (χ1n) is 8.52. The number of nitrogens with one attached hydrogen (secondary N) is 1. The molecular weight excluding hydrogens is 258 g/mol. The van der Waals surface area contributed by atoms with Crippen molar-refractivity contribution < 1.29 is 4.74 Å². The molecule has 2 nitrogen and oxygen atoms in total. The molecule has 1 aromatic rings. The molecule has 1 N–H and O–H groups in total. The van der Waals surface area contributed by atoms with E-state index in [0.717, 1.165) is 0 Å². The van der Waals surface area contributed by atoms with E-state index in [1.807, 2.05) is 0 Å². The molecule has 0 amide bonds. The van der Waals surface area contributed by atoms with Crippen molar-refractivity contribution in [2.24, 2.45) is 5.92 Å². The second-order valence-electron chi connectivity index (χ2n) is 7.39. The van der Waals surface area contributed by atoms with Gasteiger partial charge in [0.15, 0.2) is 0 Å². The fourth-order valence-corrected chi connectivity index (χ4v) is 4.27. The Labute approximate surface area is 129 Å². The van der Waals surface area contributed by atoms with Crippen LogP contribution in [0.2, 0.25) is 0 Å². The molecule has 21 heavy (non-hydrogen) atoms. The quantitative estimate of drug-likeness (QED) is 0.839. The van der Waals surface area contributed by atoms with Gasteiger partial charge in [0, 0.05) is 6.04 Å². The van der Waals surface area contributed by atoms with Gasteiger partial charge in [-0.3, -0.25) is 0 Å². The summed E-state index contributed by atoms with van der Waals surface area (Å²) in [5.74, 6) is 0.692. The highest BCUT2D eigenvalue weighted by molar-refractivity contribution is 5.31. The highest BCUT2D eigenvalue weighted by atomic mass is 16.5. The number of benzene rings is 1. The minimum absolute atomic E-state index is 0.0858. The maximum Gasteiger partial charge on any atom is 0.0631 e. The number of ether oxygens (including phenoxy) is 1. The fourth-order valence-electron chi connectivity index (χ4n) is 4.27. The van der Waals surface area contributed by atoms with Crippen molar-refractivity contribution in [2.45, 2.75) is 70.1 Å². The summed E-state index contributed by atoms with van der Waals surface area (Å²) in [6, 6.07) is 9.46. The normalized spacial score (nSPS) is 31.7. The van der Waals surface area contributed by atoms with Crippen molar-refractivity contribution in [3.05, 3.63) is 35.4 Å². The first-order valence-corrected chi connectivity index (χ1v) is 8.52. The standard InChI is InChI=1S/C19H29NO/c1-19(2)12-11-16(21-19)13-15-9-6-8-14-7-4-5-10-17(14)18(15)20-3/h4-5,7,10,15-16,18,20H,6,8-9,11-13H2,1-3H3. The van der Waals surface area contributed by atoms with E-state index in [9.17, 15) is 0 Å². The van der Waals surface area contributed by atoms with E-state index in [1.165, 1.54) is 49.7 Å². The molecule has 0 bridgehead atoms. The van der Waals surface area contributed by atoms with Gasteiger partial charge in [0.2, 0.25) is 0 Å². The Balaban J connectivity index is 1.76. The summed E-state index contributed by atoms with van der Waals surface area (Å²) in [6.07, 6.45) is 7.90. The zero-order valence-electron chi connectivity index (χ0n) is 13.7. The molecule has 1 aliphatic carbocycles. The van der Waals surface area contributed by atoms with Crippen molar-refractivity contribution in [3.63, 3.8) is 0 Å². The molecule has 0 saturated carbocycles.